The van der Waals surface area contributed by atoms with Crippen LogP contribution in [-0.2, 0) is 0 Å². The highest BCUT2D eigenvalue weighted by molar-refractivity contribution is 5.33. The predicted molar refractivity (Wildman–Crippen MR) is 60.4 cm³/mol. The minimum Gasteiger partial charge on any atom is -0.495 e. The zero-order valence-corrected chi connectivity index (χ0v) is 9.31. The summed E-state index contributed by atoms with van der Waals surface area (Å²) in [6, 6.07) is 7.41. The molecular weight excluding hydrogens is 204 g/mol. The standard InChI is InChI=1S/C12H14N2O2/c1-13-11(10-6-4-8-16-10)12-9(15-2)5-3-7-14-12/h3-8,11,13H,1-2H3. The lowest BCUT2D eigenvalue weighted by atomic mass is 10.1. The first-order valence-electron chi connectivity index (χ1n) is 5.06. The zero-order chi connectivity index (χ0) is 11.4. The number of aromatic nitrogens is 1. The van der Waals surface area contributed by atoms with Crippen LogP contribution >= 0.6 is 0 Å². The molecule has 0 aromatic carbocycles. The van der Waals surface area contributed by atoms with Gasteiger partial charge in [0.2, 0.25) is 0 Å². The summed E-state index contributed by atoms with van der Waals surface area (Å²) >= 11 is 0. The lowest BCUT2D eigenvalue weighted by molar-refractivity contribution is 0.392. The molecule has 2 heterocycles. The molecule has 0 aliphatic heterocycles. The summed E-state index contributed by atoms with van der Waals surface area (Å²) in [5.74, 6) is 1.57. The summed E-state index contributed by atoms with van der Waals surface area (Å²) in [4.78, 5) is 4.33. The molecule has 0 amide bonds. The van der Waals surface area contributed by atoms with E-state index in [1.807, 2.05) is 31.3 Å². The fourth-order valence-electron chi connectivity index (χ4n) is 1.66. The van der Waals surface area contributed by atoms with E-state index in [1.165, 1.54) is 0 Å². The fraction of sp³-hybridized carbons (Fsp3) is 0.250. The van der Waals surface area contributed by atoms with Gasteiger partial charge in [0.25, 0.3) is 0 Å². The zero-order valence-electron chi connectivity index (χ0n) is 9.31. The Bertz CT molecular complexity index is 440. The Morgan fingerprint density at radius 3 is 2.88 bits per heavy atom. The van der Waals surface area contributed by atoms with Gasteiger partial charge in [-0.25, -0.2) is 0 Å². The SMILES string of the molecule is CNC(c1ccco1)c1ncccc1OC. The van der Waals surface area contributed by atoms with Crippen molar-refractivity contribution < 1.29 is 9.15 Å². The van der Waals surface area contributed by atoms with Crippen molar-refractivity contribution >= 4 is 0 Å². The third-order valence-corrected chi connectivity index (χ3v) is 2.41. The third-order valence-electron chi connectivity index (χ3n) is 2.41. The van der Waals surface area contributed by atoms with Crippen molar-refractivity contribution in [3.63, 3.8) is 0 Å². The van der Waals surface area contributed by atoms with E-state index in [1.54, 1.807) is 19.6 Å². The normalized spacial score (nSPS) is 12.4. The second kappa shape index (κ2) is 4.81. The van der Waals surface area contributed by atoms with Crippen LogP contribution in [0.25, 0.3) is 0 Å². The van der Waals surface area contributed by atoms with Crippen LogP contribution in [0, 0.1) is 0 Å². The first-order valence-corrected chi connectivity index (χ1v) is 5.06. The molecule has 4 nitrogen and oxygen atoms in total. The number of hydrogen-bond donors (Lipinski definition) is 1. The maximum atomic E-state index is 5.38. The molecular formula is C12H14N2O2. The summed E-state index contributed by atoms with van der Waals surface area (Å²) in [5, 5.41) is 3.16. The molecule has 2 aromatic rings. The Morgan fingerprint density at radius 2 is 2.25 bits per heavy atom. The van der Waals surface area contributed by atoms with Crippen LogP contribution in [0.3, 0.4) is 0 Å². The monoisotopic (exact) mass is 218 g/mol. The van der Waals surface area contributed by atoms with Gasteiger partial charge in [-0.05, 0) is 31.3 Å². The second-order valence-electron chi connectivity index (χ2n) is 3.33. The molecule has 2 aromatic heterocycles. The van der Waals surface area contributed by atoms with Gasteiger partial charge in [0.15, 0.2) is 0 Å². The van der Waals surface area contributed by atoms with E-state index in [0.29, 0.717) is 0 Å². The fourth-order valence-corrected chi connectivity index (χ4v) is 1.66. The first-order chi connectivity index (χ1) is 7.86. The number of nitrogens with zero attached hydrogens (tertiary/aromatic N) is 1. The van der Waals surface area contributed by atoms with E-state index in [2.05, 4.69) is 10.3 Å². The number of rotatable bonds is 4. The number of ether oxygens (including phenoxy) is 1. The highest BCUT2D eigenvalue weighted by atomic mass is 16.5. The molecule has 1 unspecified atom stereocenters. The molecule has 16 heavy (non-hydrogen) atoms. The summed E-state index contributed by atoms with van der Waals surface area (Å²) in [5.41, 5.74) is 0.822. The minimum absolute atomic E-state index is 0.0915. The van der Waals surface area contributed by atoms with E-state index < -0.39 is 0 Å². The van der Waals surface area contributed by atoms with Crippen molar-refractivity contribution in [2.75, 3.05) is 14.2 Å². The van der Waals surface area contributed by atoms with E-state index >= 15 is 0 Å². The highest BCUT2D eigenvalue weighted by Gasteiger charge is 2.19. The van der Waals surface area contributed by atoms with Crippen molar-refractivity contribution in [3.8, 4) is 5.75 Å². The van der Waals surface area contributed by atoms with Crippen LogP contribution < -0.4 is 10.1 Å². The minimum atomic E-state index is -0.0915. The summed E-state index contributed by atoms with van der Waals surface area (Å²) in [7, 11) is 3.50. The summed E-state index contributed by atoms with van der Waals surface area (Å²) in [6.07, 6.45) is 3.39. The van der Waals surface area contributed by atoms with Crippen molar-refractivity contribution in [1.29, 1.82) is 0 Å². The quantitative estimate of drug-likeness (QED) is 0.852. The van der Waals surface area contributed by atoms with E-state index in [9.17, 15) is 0 Å². The summed E-state index contributed by atoms with van der Waals surface area (Å²) in [6.45, 7) is 0. The lowest BCUT2D eigenvalue weighted by Crippen LogP contribution is -2.19. The van der Waals surface area contributed by atoms with Gasteiger partial charge in [0.1, 0.15) is 23.2 Å². The van der Waals surface area contributed by atoms with Gasteiger partial charge in [-0.2, -0.15) is 0 Å². The molecule has 0 bridgehead atoms. The topological polar surface area (TPSA) is 47.3 Å². The van der Waals surface area contributed by atoms with Gasteiger partial charge in [0.05, 0.1) is 13.4 Å². The van der Waals surface area contributed by atoms with E-state index in [0.717, 1.165) is 17.2 Å². The van der Waals surface area contributed by atoms with Gasteiger partial charge < -0.3 is 14.5 Å². The average Bonchev–Trinajstić information content (AvgIpc) is 2.84. The van der Waals surface area contributed by atoms with E-state index in [4.69, 9.17) is 9.15 Å². The molecule has 0 aliphatic rings. The van der Waals surface area contributed by atoms with Gasteiger partial charge in [-0.3, -0.25) is 4.98 Å². The first kappa shape index (κ1) is 10.7. The molecule has 0 fully saturated rings. The number of methoxy groups -OCH3 is 1. The average molecular weight is 218 g/mol. The van der Waals surface area contributed by atoms with Crippen LogP contribution in [0.1, 0.15) is 17.5 Å². The molecule has 84 valence electrons. The number of hydrogen-bond acceptors (Lipinski definition) is 4. The molecule has 2 rings (SSSR count). The van der Waals surface area contributed by atoms with Crippen LogP contribution in [0.4, 0.5) is 0 Å². The smallest absolute Gasteiger partial charge is 0.142 e. The van der Waals surface area contributed by atoms with Crippen LogP contribution in [0.15, 0.2) is 41.1 Å². The van der Waals surface area contributed by atoms with Crippen molar-refractivity contribution in [3.05, 3.63) is 48.2 Å². The Hall–Kier alpha value is -1.81. The molecule has 0 saturated carbocycles. The molecule has 0 radical (unpaired) electrons. The molecule has 0 aliphatic carbocycles. The Morgan fingerprint density at radius 1 is 1.38 bits per heavy atom. The van der Waals surface area contributed by atoms with Crippen LogP contribution in [0.2, 0.25) is 0 Å². The van der Waals surface area contributed by atoms with Gasteiger partial charge >= 0.3 is 0 Å². The highest BCUT2D eigenvalue weighted by Crippen LogP contribution is 2.27. The number of furan rings is 1. The second-order valence-corrected chi connectivity index (χ2v) is 3.33. The lowest BCUT2D eigenvalue weighted by Gasteiger charge is -2.15. The largest absolute Gasteiger partial charge is 0.495 e. The maximum Gasteiger partial charge on any atom is 0.142 e. The molecule has 0 spiro atoms. The number of pyridine rings is 1. The molecule has 1 N–H and O–H groups in total. The Kier molecular flexibility index (Phi) is 3.22. The van der Waals surface area contributed by atoms with Gasteiger partial charge in [-0.15, -0.1) is 0 Å². The molecule has 1 atom stereocenters. The number of nitrogens with one attached hydrogen (secondary N) is 1. The molecule has 0 saturated heterocycles. The predicted octanol–water partition coefficient (Wildman–Crippen LogP) is 1.99. The van der Waals surface area contributed by atoms with Gasteiger partial charge in [0, 0.05) is 6.20 Å². The van der Waals surface area contributed by atoms with Crippen LogP contribution in [0.5, 0.6) is 5.75 Å². The van der Waals surface area contributed by atoms with E-state index in [-0.39, 0.29) is 6.04 Å². The van der Waals surface area contributed by atoms with Crippen molar-refractivity contribution in [2.24, 2.45) is 0 Å². The third kappa shape index (κ3) is 1.92. The maximum absolute atomic E-state index is 5.38. The van der Waals surface area contributed by atoms with Crippen LogP contribution in [-0.4, -0.2) is 19.1 Å². The molecule has 4 heteroatoms. The Labute approximate surface area is 94.3 Å². The van der Waals surface area contributed by atoms with Crippen molar-refractivity contribution in [2.45, 2.75) is 6.04 Å². The summed E-state index contributed by atoms with van der Waals surface area (Å²) < 4.78 is 10.7. The Balaban J connectivity index is 2.41. The van der Waals surface area contributed by atoms with Crippen molar-refractivity contribution in [1.82, 2.24) is 10.3 Å². The van der Waals surface area contributed by atoms with Gasteiger partial charge in [-0.1, -0.05) is 0 Å².